The quantitative estimate of drug-likeness (QED) is 0.140. The lowest BCUT2D eigenvalue weighted by molar-refractivity contribution is 0.639. The zero-order valence-electron chi connectivity index (χ0n) is 38.9. The highest BCUT2D eigenvalue weighted by molar-refractivity contribution is 6.12. The SMILES string of the molecule is CC.CC/C=C\C1=C(C)C(C)(C)c2cc(N(c3ccc(-c4cccc(-c5ccccc5)c4)cc3)c3ccc(-c4ccc5c(c4)c4ccccc4n5-c4ccccc4)c4ccccc34)ccc21. The van der Waals surface area contributed by atoms with Gasteiger partial charge in [-0.2, -0.15) is 0 Å². The number of aromatic nitrogens is 1. The lowest BCUT2D eigenvalue weighted by Crippen LogP contribution is -2.17. The summed E-state index contributed by atoms with van der Waals surface area (Å²) in [7, 11) is 0. The fourth-order valence-electron chi connectivity index (χ4n) is 10.1. The van der Waals surface area contributed by atoms with Gasteiger partial charge in [-0.05, 0) is 136 Å². The van der Waals surface area contributed by atoms with Crippen LogP contribution in [0, 0.1) is 0 Å². The number of allylic oxidation sites excluding steroid dienone is 4. The molecule has 1 heterocycles. The van der Waals surface area contributed by atoms with Gasteiger partial charge < -0.3 is 9.47 Å². The molecule has 0 unspecified atom stereocenters. The summed E-state index contributed by atoms with van der Waals surface area (Å²) in [4.78, 5) is 2.47. The Morgan fingerprint density at radius 3 is 1.77 bits per heavy atom. The molecular weight excluding hydrogens is 797 g/mol. The van der Waals surface area contributed by atoms with Gasteiger partial charge in [0.05, 0.1) is 16.7 Å². The molecule has 1 aliphatic carbocycles. The van der Waals surface area contributed by atoms with Gasteiger partial charge in [-0.1, -0.05) is 192 Å². The molecule has 0 saturated carbocycles. The molecular formula is C64H56N2. The Labute approximate surface area is 390 Å². The second-order valence-corrected chi connectivity index (χ2v) is 17.6. The van der Waals surface area contributed by atoms with Gasteiger partial charge in [0.2, 0.25) is 0 Å². The Balaban J connectivity index is 0.00000252. The first-order chi connectivity index (χ1) is 32.4. The van der Waals surface area contributed by atoms with Crippen molar-refractivity contribution >= 4 is 55.2 Å². The van der Waals surface area contributed by atoms with Gasteiger partial charge in [-0.3, -0.25) is 0 Å². The second kappa shape index (κ2) is 17.7. The summed E-state index contributed by atoms with van der Waals surface area (Å²) in [5.41, 5.74) is 19.6. The van der Waals surface area contributed by atoms with Crippen molar-refractivity contribution in [3.05, 3.63) is 235 Å². The Hall–Kier alpha value is -7.68. The van der Waals surface area contributed by atoms with Crippen LogP contribution in [-0.2, 0) is 5.41 Å². The third kappa shape index (κ3) is 7.33. The van der Waals surface area contributed by atoms with Gasteiger partial charge in [0.1, 0.15) is 0 Å². The van der Waals surface area contributed by atoms with Crippen molar-refractivity contribution in [3.8, 4) is 39.1 Å². The van der Waals surface area contributed by atoms with E-state index in [0.29, 0.717) is 0 Å². The van der Waals surface area contributed by atoms with Gasteiger partial charge in [0.15, 0.2) is 0 Å². The third-order valence-corrected chi connectivity index (χ3v) is 13.7. The van der Waals surface area contributed by atoms with E-state index in [1.165, 1.54) is 93.9 Å². The number of nitrogens with zero attached hydrogens (tertiary/aromatic N) is 2. The standard InChI is InChI=1S/C62H50N2.C2H6/c1-5-6-24-51-42(2)62(3,4)58-41-50(34-35-54(51)58)63(49-32-29-44(30-33-49)46-21-17-20-45(39-46)43-18-9-7-10-19-43)60-38-36-52(53-25-13-14-26-55(53)60)47-31-37-61-57(40-47)56-27-15-16-28-59(56)64(61)48-22-11-8-12-23-48;1-2/h6-41H,5H2,1-4H3;1-2H3/b24-6-;. The van der Waals surface area contributed by atoms with Gasteiger partial charge >= 0.3 is 0 Å². The molecule has 1 aliphatic rings. The molecule has 0 N–H and O–H groups in total. The monoisotopic (exact) mass is 852 g/mol. The molecule has 2 nitrogen and oxygen atoms in total. The number of anilines is 3. The molecule has 1 aromatic heterocycles. The van der Waals surface area contributed by atoms with E-state index in [1.54, 1.807) is 0 Å². The molecule has 0 bridgehead atoms. The van der Waals surface area contributed by atoms with Crippen LogP contribution in [0.1, 0.15) is 59.1 Å². The minimum absolute atomic E-state index is 0.105. The first-order valence-electron chi connectivity index (χ1n) is 23.6. The summed E-state index contributed by atoms with van der Waals surface area (Å²) in [5.74, 6) is 0. The molecule has 0 amide bonds. The smallest absolute Gasteiger partial charge is 0.0541 e. The molecule has 10 aromatic rings. The molecule has 66 heavy (non-hydrogen) atoms. The second-order valence-electron chi connectivity index (χ2n) is 17.6. The maximum atomic E-state index is 2.47. The fraction of sp³-hybridized carbons (Fsp3) is 0.125. The van der Waals surface area contributed by atoms with Crippen molar-refractivity contribution in [2.45, 2.75) is 53.4 Å². The van der Waals surface area contributed by atoms with Crippen molar-refractivity contribution in [1.29, 1.82) is 0 Å². The van der Waals surface area contributed by atoms with Gasteiger partial charge in [0.25, 0.3) is 0 Å². The molecule has 0 spiro atoms. The van der Waals surface area contributed by atoms with Crippen molar-refractivity contribution in [2.75, 3.05) is 4.90 Å². The minimum Gasteiger partial charge on any atom is -0.310 e. The molecule has 0 aliphatic heterocycles. The number of benzene rings is 9. The van der Waals surface area contributed by atoms with Crippen LogP contribution in [0.4, 0.5) is 17.1 Å². The summed E-state index contributed by atoms with van der Waals surface area (Å²) in [6.07, 6.45) is 5.63. The summed E-state index contributed by atoms with van der Waals surface area (Å²) < 4.78 is 2.39. The molecule has 0 saturated heterocycles. The average molecular weight is 853 g/mol. The predicted molar refractivity (Wildman–Crippen MR) is 286 cm³/mol. The van der Waals surface area contributed by atoms with Crippen molar-refractivity contribution in [3.63, 3.8) is 0 Å². The molecule has 0 atom stereocenters. The Bertz CT molecular complexity index is 3440. The van der Waals surface area contributed by atoms with Crippen LogP contribution in [-0.4, -0.2) is 4.57 Å². The maximum Gasteiger partial charge on any atom is 0.0541 e. The molecule has 11 rings (SSSR count). The number of rotatable bonds is 9. The van der Waals surface area contributed by atoms with E-state index in [-0.39, 0.29) is 5.41 Å². The molecule has 9 aromatic carbocycles. The van der Waals surface area contributed by atoms with Crippen LogP contribution >= 0.6 is 0 Å². The Kier molecular flexibility index (Phi) is 11.3. The fourth-order valence-corrected chi connectivity index (χ4v) is 10.1. The minimum atomic E-state index is -0.105. The Morgan fingerprint density at radius 2 is 1.05 bits per heavy atom. The van der Waals surface area contributed by atoms with Crippen LogP contribution in [0.25, 0.3) is 77.2 Å². The first kappa shape index (κ1) is 42.3. The van der Waals surface area contributed by atoms with Gasteiger partial charge in [-0.15, -0.1) is 0 Å². The summed E-state index contributed by atoms with van der Waals surface area (Å²) >= 11 is 0. The normalized spacial score (nSPS) is 13.1. The van der Waals surface area contributed by atoms with Crippen molar-refractivity contribution < 1.29 is 0 Å². The zero-order chi connectivity index (χ0) is 45.4. The van der Waals surface area contributed by atoms with Gasteiger partial charge in [-0.25, -0.2) is 0 Å². The molecule has 0 radical (unpaired) electrons. The molecule has 0 fully saturated rings. The van der Waals surface area contributed by atoms with E-state index in [4.69, 9.17) is 0 Å². The summed E-state index contributed by atoms with van der Waals surface area (Å²) in [5, 5.41) is 4.92. The average Bonchev–Trinajstić information content (AvgIpc) is 3.81. The zero-order valence-corrected chi connectivity index (χ0v) is 38.9. The lowest BCUT2D eigenvalue weighted by Gasteiger charge is -2.30. The van der Waals surface area contributed by atoms with Crippen LogP contribution in [0.2, 0.25) is 0 Å². The number of hydrogen-bond donors (Lipinski definition) is 0. The summed E-state index contributed by atoms with van der Waals surface area (Å²) in [6, 6.07) is 75.8. The van der Waals surface area contributed by atoms with Crippen LogP contribution in [0.5, 0.6) is 0 Å². The van der Waals surface area contributed by atoms with Crippen molar-refractivity contribution in [2.24, 2.45) is 0 Å². The summed E-state index contributed by atoms with van der Waals surface area (Å²) in [6.45, 7) is 13.3. The highest BCUT2D eigenvalue weighted by Crippen LogP contribution is 2.50. The first-order valence-corrected chi connectivity index (χ1v) is 23.6. The van der Waals surface area contributed by atoms with E-state index in [0.717, 1.165) is 23.5 Å². The largest absolute Gasteiger partial charge is 0.310 e. The lowest BCUT2D eigenvalue weighted by atomic mass is 9.81. The van der Waals surface area contributed by atoms with E-state index >= 15 is 0 Å². The number of fused-ring (bicyclic) bond motifs is 5. The van der Waals surface area contributed by atoms with E-state index in [9.17, 15) is 0 Å². The topological polar surface area (TPSA) is 8.17 Å². The highest BCUT2D eigenvalue weighted by Gasteiger charge is 2.35. The molecule has 322 valence electrons. The van der Waals surface area contributed by atoms with E-state index < -0.39 is 0 Å². The van der Waals surface area contributed by atoms with Crippen molar-refractivity contribution in [1.82, 2.24) is 4.57 Å². The van der Waals surface area contributed by atoms with E-state index in [2.05, 4.69) is 256 Å². The number of para-hydroxylation sites is 2. The maximum absolute atomic E-state index is 2.47. The number of hydrogen-bond acceptors (Lipinski definition) is 1. The third-order valence-electron chi connectivity index (χ3n) is 13.7. The van der Waals surface area contributed by atoms with E-state index in [1.807, 2.05) is 13.8 Å². The van der Waals surface area contributed by atoms with Crippen LogP contribution in [0.15, 0.2) is 224 Å². The van der Waals surface area contributed by atoms with Crippen LogP contribution < -0.4 is 4.90 Å². The predicted octanol–water partition coefficient (Wildman–Crippen LogP) is 18.5. The van der Waals surface area contributed by atoms with Gasteiger partial charge in [0, 0.05) is 38.6 Å². The highest BCUT2D eigenvalue weighted by atomic mass is 15.1. The Morgan fingerprint density at radius 1 is 0.470 bits per heavy atom. The van der Waals surface area contributed by atoms with Crippen LogP contribution in [0.3, 0.4) is 0 Å². The molecule has 2 heteroatoms.